The van der Waals surface area contributed by atoms with Crippen LogP contribution >= 0.6 is 23.5 Å². The van der Waals surface area contributed by atoms with Crippen LogP contribution in [0.2, 0.25) is 0 Å². The van der Waals surface area contributed by atoms with Crippen LogP contribution in [-0.4, -0.2) is 90.1 Å². The minimum absolute atomic E-state index is 0.0287. The molecule has 1 aliphatic heterocycles. The molecule has 4 rings (SSSR count). The van der Waals surface area contributed by atoms with Gasteiger partial charge < -0.3 is 45.6 Å². The second kappa shape index (κ2) is 13.3. The third-order valence-electron chi connectivity index (χ3n) is 6.12. The summed E-state index contributed by atoms with van der Waals surface area (Å²) in [6, 6.07) is 2.59. The van der Waals surface area contributed by atoms with E-state index in [1.807, 2.05) is 0 Å². The van der Waals surface area contributed by atoms with Gasteiger partial charge in [0.2, 0.25) is 0 Å². The largest absolute Gasteiger partial charge is 0.490 e. The molecule has 0 bridgehead atoms. The quantitative estimate of drug-likeness (QED) is 0.0620. The number of nitrogens with zero attached hydrogens (tertiary/aromatic N) is 6. The van der Waals surface area contributed by atoms with Gasteiger partial charge in [0.05, 0.1) is 22.2 Å². The number of benzene rings is 1. The molecule has 0 amide bonds. The zero-order chi connectivity index (χ0) is 34.2. The van der Waals surface area contributed by atoms with E-state index < -0.39 is 88.3 Å². The molecule has 46 heavy (non-hydrogen) atoms. The molecule has 9 N–H and O–H groups in total. The molecule has 7 atom stereocenters. The third-order valence-corrected chi connectivity index (χ3v) is 9.99. The Bertz CT molecular complexity index is 1790. The molecule has 1 saturated heterocycles. The number of imidazole rings is 1. The van der Waals surface area contributed by atoms with Crippen LogP contribution in [0.3, 0.4) is 0 Å². The number of aliphatic hydroxyl groups excluding tert-OH is 2. The van der Waals surface area contributed by atoms with Gasteiger partial charge in [-0.25, -0.2) is 28.6 Å². The highest BCUT2D eigenvalue weighted by atomic mass is 31.3. The van der Waals surface area contributed by atoms with Crippen molar-refractivity contribution in [2.75, 3.05) is 17.6 Å². The highest BCUT2D eigenvalue weighted by molar-refractivity contribution is 7.66. The lowest BCUT2D eigenvalue weighted by Gasteiger charge is -2.27. The highest BCUT2D eigenvalue weighted by Crippen LogP contribution is 2.67. The number of nitrogen functional groups attached to an aromatic ring is 1. The van der Waals surface area contributed by atoms with Gasteiger partial charge in [-0.05, 0) is 12.5 Å². The van der Waals surface area contributed by atoms with E-state index in [-0.39, 0.29) is 22.7 Å². The molecule has 1 fully saturated rings. The number of phosphoric acid groups is 3. The van der Waals surface area contributed by atoms with Crippen molar-refractivity contribution in [3.8, 4) is 0 Å². The summed E-state index contributed by atoms with van der Waals surface area (Å²) >= 11 is 0. The molecule has 1 aliphatic rings. The van der Waals surface area contributed by atoms with Gasteiger partial charge in [0.25, 0.3) is 11.4 Å². The molecule has 0 spiro atoms. The van der Waals surface area contributed by atoms with E-state index in [9.17, 15) is 53.9 Å². The van der Waals surface area contributed by atoms with Gasteiger partial charge in [0, 0.05) is 12.6 Å². The van der Waals surface area contributed by atoms with Crippen LogP contribution in [0.15, 0.2) is 30.9 Å². The summed E-state index contributed by atoms with van der Waals surface area (Å²) in [5, 5.41) is 46.7. The minimum Gasteiger partial charge on any atom is -0.387 e. The van der Waals surface area contributed by atoms with Crippen LogP contribution in [-0.2, 0) is 31.6 Å². The number of fused-ring (bicyclic) bond motifs is 1. The Hall–Kier alpha value is -3.54. The number of hydrogen-bond donors (Lipinski definition) is 8. The van der Waals surface area contributed by atoms with Crippen molar-refractivity contribution in [1.82, 2.24) is 19.5 Å². The number of non-ortho nitro benzene ring substituents is 1. The zero-order valence-corrected chi connectivity index (χ0v) is 25.1. The number of nitrogens with one attached hydrogen (secondary N) is 1. The van der Waals surface area contributed by atoms with E-state index in [0.717, 1.165) is 29.4 Å². The first-order valence-electron chi connectivity index (χ1n) is 12.2. The van der Waals surface area contributed by atoms with Gasteiger partial charge in [-0.2, -0.15) is 8.62 Å². The van der Waals surface area contributed by atoms with E-state index in [1.54, 1.807) is 0 Å². The number of aliphatic hydroxyl groups is 2. The first-order chi connectivity index (χ1) is 21.3. The Morgan fingerprint density at radius 2 is 1.72 bits per heavy atom. The standard InChI is InChI=1S/C18H23N8O17P3/c19-16-12-17(22-6-21-16)24(7-23-12)18-14(28)13(27)15(40-18)11(41-45(36,37)43-46(38,39)42-44(33,34)35)3-4-20-9-2-1-8(25(29)30)5-10(9)26(31)32/h1-2,5-7,11,13-15,18,20,27-28H,3-4H2,(H,36,37)(H,38,39)(H2,19,21,22)(H2,33,34,35)/t11?,13-,14+,15+,18+/m0/s1. The first-order valence-corrected chi connectivity index (χ1v) is 16.7. The Balaban J connectivity index is 1.62. The summed E-state index contributed by atoms with van der Waals surface area (Å²) in [5.41, 5.74) is 4.26. The summed E-state index contributed by atoms with van der Waals surface area (Å²) < 4.78 is 54.8. The fraction of sp³-hybridized carbons (Fsp3) is 0.389. The number of anilines is 2. The van der Waals surface area contributed by atoms with E-state index in [2.05, 4.69) is 28.9 Å². The van der Waals surface area contributed by atoms with Crippen LogP contribution in [0.5, 0.6) is 0 Å². The number of hydrogen-bond acceptors (Lipinski definition) is 18. The van der Waals surface area contributed by atoms with E-state index in [4.69, 9.17) is 24.8 Å². The molecule has 0 saturated carbocycles. The van der Waals surface area contributed by atoms with Crippen molar-refractivity contribution >= 4 is 57.5 Å². The molecule has 28 heteroatoms. The van der Waals surface area contributed by atoms with Crippen LogP contribution in [0, 0.1) is 20.2 Å². The van der Waals surface area contributed by atoms with Gasteiger partial charge in [-0.3, -0.25) is 29.3 Å². The van der Waals surface area contributed by atoms with E-state index >= 15 is 0 Å². The summed E-state index contributed by atoms with van der Waals surface area (Å²) in [6.45, 7) is -0.454. The van der Waals surface area contributed by atoms with E-state index in [1.165, 1.54) is 0 Å². The van der Waals surface area contributed by atoms with E-state index in [0.29, 0.717) is 6.07 Å². The fourth-order valence-electron chi connectivity index (χ4n) is 4.31. The predicted molar refractivity (Wildman–Crippen MR) is 147 cm³/mol. The molecular formula is C18H23N8O17P3. The average molecular weight is 716 g/mol. The molecule has 2 aromatic heterocycles. The SMILES string of the molecule is Nc1ncnc2c1ncn2[C@@H]1O[C@H](C(CCNc2ccc([N+](=O)[O-])cc2[N+](=O)[O-])OP(=O)(O)OP(=O)(O)OP(=O)(O)O)[C@@H](O)[C@H]1O. The van der Waals surface area contributed by atoms with Crippen molar-refractivity contribution in [3.05, 3.63) is 51.1 Å². The zero-order valence-electron chi connectivity index (χ0n) is 22.5. The topological polar surface area (TPSA) is 377 Å². The van der Waals surface area contributed by atoms with Gasteiger partial charge in [0.15, 0.2) is 17.7 Å². The smallest absolute Gasteiger partial charge is 0.387 e. The molecule has 3 heterocycles. The summed E-state index contributed by atoms with van der Waals surface area (Å²) in [5.74, 6) is -0.0507. The van der Waals surface area contributed by atoms with Crippen molar-refractivity contribution < 1.29 is 71.2 Å². The van der Waals surface area contributed by atoms with Crippen molar-refractivity contribution in [1.29, 1.82) is 0 Å². The lowest BCUT2D eigenvalue weighted by Crippen LogP contribution is -2.40. The third kappa shape index (κ3) is 8.24. The van der Waals surface area contributed by atoms with Crippen LogP contribution in [0.25, 0.3) is 11.2 Å². The second-order valence-electron chi connectivity index (χ2n) is 9.22. The normalized spacial score (nSPS) is 23.4. The van der Waals surface area contributed by atoms with Gasteiger partial charge >= 0.3 is 23.5 Å². The summed E-state index contributed by atoms with van der Waals surface area (Å²) in [6.07, 6.45) is -7.41. The van der Waals surface area contributed by atoms with Crippen LogP contribution < -0.4 is 11.1 Å². The number of phosphoric ester groups is 1. The Morgan fingerprint density at radius 1 is 1.02 bits per heavy atom. The number of nitro benzene ring substituents is 2. The average Bonchev–Trinajstić information content (AvgIpc) is 3.47. The number of nitro groups is 2. The monoisotopic (exact) mass is 716 g/mol. The van der Waals surface area contributed by atoms with Gasteiger partial charge in [-0.1, -0.05) is 0 Å². The molecular weight excluding hydrogens is 693 g/mol. The van der Waals surface area contributed by atoms with Crippen LogP contribution in [0.4, 0.5) is 22.9 Å². The molecule has 3 aromatic rings. The van der Waals surface area contributed by atoms with Crippen molar-refractivity contribution in [2.24, 2.45) is 0 Å². The highest BCUT2D eigenvalue weighted by Gasteiger charge is 2.51. The Kier molecular flexibility index (Phi) is 10.2. The second-order valence-corrected chi connectivity index (χ2v) is 13.6. The molecule has 1 aromatic carbocycles. The molecule has 3 unspecified atom stereocenters. The summed E-state index contributed by atoms with van der Waals surface area (Å²) in [7, 11) is -17.6. The Labute approximate surface area is 254 Å². The number of rotatable bonds is 14. The lowest BCUT2D eigenvalue weighted by atomic mass is 10.0. The van der Waals surface area contributed by atoms with Crippen LogP contribution in [0.1, 0.15) is 12.6 Å². The maximum absolute atomic E-state index is 12.7. The molecule has 25 nitrogen and oxygen atoms in total. The van der Waals surface area contributed by atoms with Crippen molar-refractivity contribution in [3.63, 3.8) is 0 Å². The molecule has 252 valence electrons. The lowest BCUT2D eigenvalue weighted by molar-refractivity contribution is -0.393. The fourth-order valence-corrected chi connectivity index (χ4v) is 7.54. The maximum atomic E-state index is 12.7. The van der Waals surface area contributed by atoms with Crippen molar-refractivity contribution in [2.45, 2.75) is 37.1 Å². The maximum Gasteiger partial charge on any atom is 0.490 e. The Morgan fingerprint density at radius 3 is 2.35 bits per heavy atom. The number of aromatic nitrogens is 4. The number of ether oxygens (including phenoxy) is 1. The molecule has 0 radical (unpaired) electrons. The van der Waals surface area contributed by atoms with Gasteiger partial charge in [0.1, 0.15) is 41.9 Å². The minimum atomic E-state index is -5.98. The predicted octanol–water partition coefficient (Wildman–Crippen LogP) is 0.0582. The first kappa shape index (κ1) is 35.3. The number of nitrogens with two attached hydrogens (primary N) is 1. The van der Waals surface area contributed by atoms with Gasteiger partial charge in [-0.15, -0.1) is 0 Å². The molecule has 0 aliphatic carbocycles. The summed E-state index contributed by atoms with van der Waals surface area (Å²) in [4.78, 5) is 69.7.